The predicted molar refractivity (Wildman–Crippen MR) is 142 cm³/mol. The van der Waals surface area contributed by atoms with E-state index in [1.807, 2.05) is 60.7 Å². The molecule has 2 N–H and O–H groups in total. The number of hydrogen-bond donors (Lipinski definition) is 2. The topological polar surface area (TPSA) is 115 Å². The van der Waals surface area contributed by atoms with E-state index in [1.165, 1.54) is 0 Å². The van der Waals surface area contributed by atoms with Crippen LogP contribution in [0.15, 0.2) is 60.7 Å². The van der Waals surface area contributed by atoms with E-state index in [0.717, 1.165) is 24.0 Å². The summed E-state index contributed by atoms with van der Waals surface area (Å²) in [5, 5.41) is 19.9. The van der Waals surface area contributed by atoms with Gasteiger partial charge < -0.3 is 20.0 Å². The minimum atomic E-state index is -0.988. The fourth-order valence-corrected chi connectivity index (χ4v) is 7.83. The Kier molecular flexibility index (Phi) is 6.24. The molecule has 2 heterocycles. The number of carbonyl (C=O) groups is 4. The molecular weight excluding hydrogens is 496 g/mol. The summed E-state index contributed by atoms with van der Waals surface area (Å²) in [7, 11) is 0. The number of benzene rings is 2. The monoisotopic (exact) mass is 530 g/mol. The van der Waals surface area contributed by atoms with Crippen molar-refractivity contribution in [2.45, 2.75) is 67.9 Å². The van der Waals surface area contributed by atoms with Crippen molar-refractivity contribution in [3.63, 3.8) is 0 Å². The van der Waals surface area contributed by atoms with Gasteiger partial charge >= 0.3 is 11.9 Å². The minimum absolute atomic E-state index is 0.118. The number of nitrogens with zero attached hydrogens (tertiary/aromatic N) is 2. The van der Waals surface area contributed by atoms with Crippen LogP contribution in [-0.4, -0.2) is 67.9 Å². The van der Waals surface area contributed by atoms with Crippen molar-refractivity contribution < 1.29 is 29.4 Å². The molecule has 39 heavy (non-hydrogen) atoms. The Morgan fingerprint density at radius 2 is 1.05 bits per heavy atom. The Bertz CT molecular complexity index is 1200. The van der Waals surface area contributed by atoms with Gasteiger partial charge in [-0.2, -0.15) is 0 Å². The van der Waals surface area contributed by atoms with Crippen molar-refractivity contribution in [3.8, 4) is 0 Å². The average Bonchev–Trinajstić information content (AvgIpc) is 3.72. The lowest BCUT2D eigenvalue weighted by Gasteiger charge is -2.34. The first-order chi connectivity index (χ1) is 18.8. The zero-order chi connectivity index (χ0) is 27.4. The van der Waals surface area contributed by atoms with Crippen molar-refractivity contribution in [1.82, 2.24) is 9.80 Å². The second-order valence-corrected chi connectivity index (χ2v) is 11.7. The van der Waals surface area contributed by atoms with E-state index in [2.05, 4.69) is 0 Å². The van der Waals surface area contributed by atoms with Crippen LogP contribution >= 0.6 is 0 Å². The molecule has 8 heteroatoms. The van der Waals surface area contributed by atoms with Gasteiger partial charge in [-0.25, -0.2) is 0 Å². The molecule has 0 aromatic heterocycles. The first kappa shape index (κ1) is 25.6. The maximum absolute atomic E-state index is 13.2. The van der Waals surface area contributed by atoms with Crippen molar-refractivity contribution in [2.75, 3.05) is 13.1 Å². The average molecular weight is 531 g/mol. The Labute approximate surface area is 227 Å². The number of rotatable bonds is 8. The van der Waals surface area contributed by atoms with Gasteiger partial charge in [0, 0.05) is 13.1 Å². The molecule has 204 valence electrons. The third-order valence-electron chi connectivity index (χ3n) is 9.87. The summed E-state index contributed by atoms with van der Waals surface area (Å²) in [6.45, 7) is 0.730. The summed E-state index contributed by atoms with van der Waals surface area (Å²) < 4.78 is 0. The summed E-state index contributed by atoms with van der Waals surface area (Å²) >= 11 is 0. The van der Waals surface area contributed by atoms with E-state index >= 15 is 0 Å². The summed E-state index contributed by atoms with van der Waals surface area (Å²) in [6.07, 6.45) is 3.82. The van der Waals surface area contributed by atoms with Crippen LogP contribution in [0.3, 0.4) is 0 Å². The van der Waals surface area contributed by atoms with E-state index < -0.39 is 34.9 Å². The first-order valence-electron chi connectivity index (χ1n) is 14.0. The lowest BCUT2D eigenvalue weighted by molar-refractivity contribution is -0.146. The Balaban J connectivity index is 1.14. The Morgan fingerprint density at radius 1 is 0.667 bits per heavy atom. The number of carbonyl (C=O) groups excluding carboxylic acids is 2. The molecule has 8 nitrogen and oxygen atoms in total. The molecule has 4 fully saturated rings. The van der Waals surface area contributed by atoms with Gasteiger partial charge in [-0.15, -0.1) is 0 Å². The lowest BCUT2D eigenvalue weighted by Crippen LogP contribution is -2.41. The van der Waals surface area contributed by atoms with Crippen molar-refractivity contribution in [3.05, 3.63) is 71.8 Å². The van der Waals surface area contributed by atoms with Gasteiger partial charge in [0.15, 0.2) is 0 Å². The number of aliphatic carboxylic acids is 2. The van der Waals surface area contributed by atoms with Crippen LogP contribution in [0.1, 0.15) is 67.9 Å². The zero-order valence-corrected chi connectivity index (χ0v) is 21.9. The second kappa shape index (κ2) is 9.50. The van der Waals surface area contributed by atoms with E-state index in [4.69, 9.17) is 0 Å². The highest BCUT2D eigenvalue weighted by Gasteiger charge is 2.71. The first-order valence-corrected chi connectivity index (χ1v) is 14.0. The molecule has 2 spiro atoms. The maximum atomic E-state index is 13.2. The van der Waals surface area contributed by atoms with E-state index in [9.17, 15) is 29.4 Å². The van der Waals surface area contributed by atoms with Crippen LogP contribution in [0.25, 0.3) is 0 Å². The second-order valence-electron chi connectivity index (χ2n) is 11.7. The van der Waals surface area contributed by atoms with Gasteiger partial charge in [-0.1, -0.05) is 60.7 Å². The number of hydrogen-bond acceptors (Lipinski definition) is 4. The molecule has 6 unspecified atom stereocenters. The van der Waals surface area contributed by atoms with Crippen LogP contribution in [0.5, 0.6) is 0 Å². The van der Waals surface area contributed by atoms with Crippen LogP contribution in [-0.2, 0) is 19.2 Å². The lowest BCUT2D eigenvalue weighted by atomic mass is 9.71. The van der Waals surface area contributed by atoms with Gasteiger partial charge in [0.05, 0.1) is 11.8 Å². The van der Waals surface area contributed by atoms with Gasteiger partial charge in [0.25, 0.3) is 0 Å². The molecule has 2 aliphatic heterocycles. The summed E-state index contributed by atoms with van der Waals surface area (Å²) in [4.78, 5) is 54.0. The maximum Gasteiger partial charge on any atom is 0.309 e. The molecule has 4 aliphatic rings. The molecule has 2 amide bonds. The third-order valence-corrected chi connectivity index (χ3v) is 9.87. The van der Waals surface area contributed by atoms with Crippen molar-refractivity contribution >= 4 is 23.8 Å². The summed E-state index contributed by atoms with van der Waals surface area (Å²) in [5.41, 5.74) is 0.277. The SMILES string of the molecule is O=C(O)C1CCC(c2ccccc2)CC12C(=O)N2CCCN1C(=O)C12CC(c1ccccc1)CCC2C(=O)O. The molecule has 2 saturated carbocycles. The molecule has 0 bridgehead atoms. The van der Waals surface area contributed by atoms with Crippen LogP contribution < -0.4 is 0 Å². The van der Waals surface area contributed by atoms with Crippen LogP contribution in [0.4, 0.5) is 0 Å². The van der Waals surface area contributed by atoms with Gasteiger partial charge in [0.2, 0.25) is 11.8 Å². The number of carboxylic acids is 2. The highest BCUT2D eigenvalue weighted by atomic mass is 16.4. The highest BCUT2D eigenvalue weighted by molar-refractivity contribution is 6.07. The molecule has 2 aromatic rings. The largest absolute Gasteiger partial charge is 0.481 e. The normalized spacial score (nSPS) is 33.4. The fourth-order valence-electron chi connectivity index (χ4n) is 7.83. The molecule has 6 atom stereocenters. The number of carboxylic acid groups (broad SMARTS) is 2. The predicted octanol–water partition coefficient (Wildman–Crippen LogP) is 3.88. The Hall–Kier alpha value is -3.68. The third kappa shape index (κ3) is 4.03. The van der Waals surface area contributed by atoms with Crippen LogP contribution in [0, 0.1) is 11.8 Å². The van der Waals surface area contributed by atoms with E-state index in [1.54, 1.807) is 9.80 Å². The van der Waals surface area contributed by atoms with Gasteiger partial charge in [-0.3, -0.25) is 19.2 Å². The van der Waals surface area contributed by atoms with Crippen molar-refractivity contribution in [2.24, 2.45) is 11.8 Å². The quantitative estimate of drug-likeness (QED) is 0.501. The zero-order valence-electron chi connectivity index (χ0n) is 21.9. The smallest absolute Gasteiger partial charge is 0.309 e. The number of amides is 2. The highest BCUT2D eigenvalue weighted by Crippen LogP contribution is 2.56. The molecular formula is C31H34N2O6. The summed E-state index contributed by atoms with van der Waals surface area (Å²) in [5.74, 6) is -3.32. The van der Waals surface area contributed by atoms with E-state index in [0.29, 0.717) is 45.2 Å². The Morgan fingerprint density at radius 3 is 1.41 bits per heavy atom. The minimum Gasteiger partial charge on any atom is -0.481 e. The van der Waals surface area contributed by atoms with Gasteiger partial charge in [0.1, 0.15) is 11.1 Å². The van der Waals surface area contributed by atoms with E-state index in [-0.39, 0.29) is 23.7 Å². The molecule has 2 aromatic carbocycles. The van der Waals surface area contributed by atoms with Gasteiger partial charge in [-0.05, 0) is 67.9 Å². The van der Waals surface area contributed by atoms with Crippen molar-refractivity contribution in [1.29, 1.82) is 0 Å². The molecule has 6 rings (SSSR count). The fraction of sp³-hybridized carbons (Fsp3) is 0.484. The standard InChI is InChI=1S/C31H34N2O6/c34-26(35)24-14-12-22(20-8-3-1-4-9-20)18-30(24)28(38)32(30)16-7-17-33-29(39)31(33)19-23(13-15-25(31)27(36)37)21-10-5-2-6-11-21/h1-6,8-11,22-25H,7,12-19H2,(H,34,35)(H,36,37). The molecule has 2 aliphatic carbocycles. The molecule has 2 saturated heterocycles. The summed E-state index contributed by atoms with van der Waals surface area (Å²) in [6, 6.07) is 19.9. The van der Waals surface area contributed by atoms with Crippen LogP contribution in [0.2, 0.25) is 0 Å². The molecule has 0 radical (unpaired) electrons.